The Morgan fingerprint density at radius 1 is 1.24 bits per heavy atom. The predicted molar refractivity (Wildman–Crippen MR) is 65.3 cm³/mol. The molecular weight excluding hydrogens is 240 g/mol. The molecule has 0 saturated heterocycles. The van der Waals surface area contributed by atoms with E-state index in [-0.39, 0.29) is 11.4 Å². The third-order valence-corrected chi connectivity index (χ3v) is 2.36. The summed E-state index contributed by atoms with van der Waals surface area (Å²) in [6, 6.07) is 9.61. The number of rotatable bonds is 2. The summed E-state index contributed by atoms with van der Waals surface area (Å²) in [5.41, 5.74) is 0.576. The van der Waals surface area contributed by atoms with Crippen molar-refractivity contribution in [2.75, 3.05) is 5.32 Å². The first kappa shape index (κ1) is 11.4. The van der Waals surface area contributed by atoms with E-state index in [4.69, 9.17) is 11.6 Å². The Bertz CT molecular complexity index is 540. The summed E-state index contributed by atoms with van der Waals surface area (Å²) >= 11 is 5.73. The number of nitrogens with one attached hydrogen (secondary N) is 1. The SMILES string of the molecule is O=C(Nc1ccc(Cl)cc1)c1ncccc1O. The molecule has 2 rings (SSSR count). The van der Waals surface area contributed by atoms with Crippen molar-refractivity contribution in [1.82, 2.24) is 4.98 Å². The highest BCUT2D eigenvalue weighted by atomic mass is 35.5. The molecule has 2 N–H and O–H groups in total. The molecule has 0 aliphatic carbocycles. The topological polar surface area (TPSA) is 62.2 Å². The van der Waals surface area contributed by atoms with Crippen LogP contribution in [0.25, 0.3) is 0 Å². The number of aromatic nitrogens is 1. The van der Waals surface area contributed by atoms with Crippen LogP contribution < -0.4 is 5.32 Å². The number of carbonyl (C=O) groups is 1. The van der Waals surface area contributed by atoms with Crippen LogP contribution in [-0.2, 0) is 0 Å². The molecule has 0 aliphatic heterocycles. The van der Waals surface area contributed by atoms with Crippen molar-refractivity contribution >= 4 is 23.2 Å². The van der Waals surface area contributed by atoms with E-state index in [2.05, 4.69) is 10.3 Å². The first-order valence-electron chi connectivity index (χ1n) is 4.88. The van der Waals surface area contributed by atoms with E-state index >= 15 is 0 Å². The van der Waals surface area contributed by atoms with Crippen LogP contribution in [0, 0.1) is 0 Å². The van der Waals surface area contributed by atoms with Gasteiger partial charge in [-0.1, -0.05) is 11.6 Å². The van der Waals surface area contributed by atoms with Crippen molar-refractivity contribution in [1.29, 1.82) is 0 Å². The molecule has 0 fully saturated rings. The van der Waals surface area contributed by atoms with Crippen LogP contribution in [0.1, 0.15) is 10.5 Å². The number of amides is 1. The van der Waals surface area contributed by atoms with Gasteiger partial charge in [-0.2, -0.15) is 0 Å². The van der Waals surface area contributed by atoms with E-state index < -0.39 is 5.91 Å². The molecule has 2 aromatic rings. The molecule has 0 spiro atoms. The number of hydrogen-bond donors (Lipinski definition) is 2. The highest BCUT2D eigenvalue weighted by molar-refractivity contribution is 6.30. The molecule has 1 heterocycles. The minimum absolute atomic E-state index is 0.0116. The van der Waals surface area contributed by atoms with Crippen molar-refractivity contribution < 1.29 is 9.90 Å². The van der Waals surface area contributed by atoms with Gasteiger partial charge in [0.05, 0.1) is 0 Å². The fourth-order valence-corrected chi connectivity index (χ4v) is 1.42. The van der Waals surface area contributed by atoms with Crippen LogP contribution in [0.3, 0.4) is 0 Å². The lowest BCUT2D eigenvalue weighted by molar-refractivity contribution is 0.101. The molecule has 17 heavy (non-hydrogen) atoms. The Labute approximate surface area is 103 Å². The maximum atomic E-state index is 11.8. The molecular formula is C12H9ClN2O2. The number of halogens is 1. The average molecular weight is 249 g/mol. The monoisotopic (exact) mass is 248 g/mol. The van der Waals surface area contributed by atoms with E-state index in [1.807, 2.05) is 0 Å². The number of aromatic hydroxyl groups is 1. The molecule has 0 aliphatic rings. The molecule has 1 aromatic carbocycles. The van der Waals surface area contributed by atoms with Gasteiger partial charge in [-0.3, -0.25) is 4.79 Å². The standard InChI is InChI=1S/C12H9ClN2O2/c13-8-3-5-9(6-4-8)15-12(17)11-10(16)2-1-7-14-11/h1-7,16H,(H,15,17). The van der Waals surface area contributed by atoms with E-state index in [1.165, 1.54) is 12.3 Å². The molecule has 0 bridgehead atoms. The highest BCUT2D eigenvalue weighted by Gasteiger charge is 2.11. The summed E-state index contributed by atoms with van der Waals surface area (Å²) in [5.74, 6) is -0.621. The highest BCUT2D eigenvalue weighted by Crippen LogP contribution is 2.17. The Balaban J connectivity index is 2.17. The normalized spacial score (nSPS) is 9.94. The van der Waals surface area contributed by atoms with Gasteiger partial charge in [0.25, 0.3) is 5.91 Å². The fourth-order valence-electron chi connectivity index (χ4n) is 1.30. The summed E-state index contributed by atoms with van der Waals surface area (Å²) in [6.45, 7) is 0. The molecule has 1 aromatic heterocycles. The van der Waals surface area contributed by atoms with Crippen LogP contribution in [0.2, 0.25) is 5.02 Å². The number of nitrogens with zero attached hydrogens (tertiary/aromatic N) is 1. The van der Waals surface area contributed by atoms with Crippen LogP contribution in [0.15, 0.2) is 42.6 Å². The van der Waals surface area contributed by atoms with Gasteiger partial charge in [-0.05, 0) is 36.4 Å². The zero-order chi connectivity index (χ0) is 12.3. The van der Waals surface area contributed by atoms with Crippen LogP contribution in [0.5, 0.6) is 5.75 Å². The molecule has 0 unspecified atom stereocenters. The first-order chi connectivity index (χ1) is 8.16. The Hall–Kier alpha value is -2.07. The Morgan fingerprint density at radius 3 is 2.59 bits per heavy atom. The van der Waals surface area contributed by atoms with E-state index in [9.17, 15) is 9.90 Å². The van der Waals surface area contributed by atoms with Crippen molar-refractivity contribution in [2.24, 2.45) is 0 Å². The second-order valence-corrected chi connectivity index (χ2v) is 3.77. The van der Waals surface area contributed by atoms with Crippen LogP contribution in [0.4, 0.5) is 5.69 Å². The maximum absolute atomic E-state index is 11.8. The van der Waals surface area contributed by atoms with E-state index in [0.29, 0.717) is 10.7 Å². The van der Waals surface area contributed by atoms with Crippen LogP contribution >= 0.6 is 11.6 Å². The fraction of sp³-hybridized carbons (Fsp3) is 0. The number of pyridine rings is 1. The summed E-state index contributed by atoms with van der Waals surface area (Å²) in [7, 11) is 0. The lowest BCUT2D eigenvalue weighted by atomic mass is 10.2. The van der Waals surface area contributed by atoms with Crippen molar-refractivity contribution in [2.45, 2.75) is 0 Å². The number of carbonyl (C=O) groups excluding carboxylic acids is 1. The molecule has 1 amide bonds. The molecule has 0 radical (unpaired) electrons. The molecule has 4 nitrogen and oxygen atoms in total. The predicted octanol–water partition coefficient (Wildman–Crippen LogP) is 2.69. The van der Waals surface area contributed by atoms with Gasteiger partial charge in [-0.25, -0.2) is 4.98 Å². The zero-order valence-corrected chi connectivity index (χ0v) is 9.48. The largest absolute Gasteiger partial charge is 0.505 e. The summed E-state index contributed by atoms with van der Waals surface area (Å²) in [6.07, 6.45) is 1.44. The van der Waals surface area contributed by atoms with Gasteiger partial charge in [0.15, 0.2) is 5.69 Å². The summed E-state index contributed by atoms with van der Waals surface area (Å²) in [5, 5.41) is 12.7. The van der Waals surface area contributed by atoms with Gasteiger partial charge in [0.1, 0.15) is 5.75 Å². The number of hydrogen-bond acceptors (Lipinski definition) is 3. The van der Waals surface area contributed by atoms with Gasteiger partial charge < -0.3 is 10.4 Å². The quantitative estimate of drug-likeness (QED) is 0.859. The smallest absolute Gasteiger partial charge is 0.278 e. The molecule has 5 heteroatoms. The minimum atomic E-state index is -0.467. The second-order valence-electron chi connectivity index (χ2n) is 3.33. The van der Waals surface area contributed by atoms with Crippen molar-refractivity contribution in [3.05, 3.63) is 53.3 Å². The van der Waals surface area contributed by atoms with Crippen molar-refractivity contribution in [3.63, 3.8) is 0 Å². The third-order valence-electron chi connectivity index (χ3n) is 2.10. The van der Waals surface area contributed by atoms with Gasteiger partial charge >= 0.3 is 0 Å². The summed E-state index contributed by atoms with van der Waals surface area (Å²) in [4.78, 5) is 15.6. The lowest BCUT2D eigenvalue weighted by Gasteiger charge is -2.05. The Kier molecular flexibility index (Phi) is 3.25. The van der Waals surface area contributed by atoms with Crippen LogP contribution in [-0.4, -0.2) is 16.0 Å². The Morgan fingerprint density at radius 2 is 1.94 bits per heavy atom. The van der Waals surface area contributed by atoms with E-state index in [1.54, 1.807) is 30.3 Å². The first-order valence-corrected chi connectivity index (χ1v) is 5.25. The zero-order valence-electron chi connectivity index (χ0n) is 8.72. The lowest BCUT2D eigenvalue weighted by Crippen LogP contribution is -2.13. The average Bonchev–Trinajstić information content (AvgIpc) is 2.32. The van der Waals surface area contributed by atoms with Gasteiger partial charge in [0.2, 0.25) is 0 Å². The minimum Gasteiger partial charge on any atom is -0.505 e. The maximum Gasteiger partial charge on any atom is 0.278 e. The second kappa shape index (κ2) is 4.84. The van der Waals surface area contributed by atoms with E-state index in [0.717, 1.165) is 0 Å². The molecule has 86 valence electrons. The summed E-state index contributed by atoms with van der Waals surface area (Å²) < 4.78 is 0. The number of anilines is 1. The number of benzene rings is 1. The van der Waals surface area contributed by atoms with Crippen molar-refractivity contribution in [3.8, 4) is 5.75 Å². The van der Waals surface area contributed by atoms with Gasteiger partial charge in [0, 0.05) is 16.9 Å². The molecule has 0 saturated carbocycles. The van der Waals surface area contributed by atoms with Gasteiger partial charge in [-0.15, -0.1) is 0 Å². The molecule has 0 atom stereocenters. The third kappa shape index (κ3) is 2.73.